The Labute approximate surface area is 204 Å². The van der Waals surface area contributed by atoms with E-state index in [0.717, 1.165) is 11.4 Å². The van der Waals surface area contributed by atoms with Gasteiger partial charge in [-0.25, -0.2) is 0 Å². The number of para-hydroxylation sites is 2. The maximum Gasteiger partial charge on any atom is 0.255 e. The highest BCUT2D eigenvalue weighted by atomic mass is 16.2. The lowest BCUT2D eigenvalue weighted by Gasteiger charge is -2.18. The molecular weight excluding hydrogens is 424 g/mol. The molecule has 2 rings (SSSR count). The van der Waals surface area contributed by atoms with Gasteiger partial charge < -0.3 is 9.80 Å². The van der Waals surface area contributed by atoms with Gasteiger partial charge in [0.2, 0.25) is 0 Å². The summed E-state index contributed by atoms with van der Waals surface area (Å²) >= 11 is 0. The van der Waals surface area contributed by atoms with E-state index < -0.39 is 0 Å². The van der Waals surface area contributed by atoms with E-state index in [1.165, 1.54) is 20.9 Å². The standard InChI is InChI=1S/C28H38N4O2/c1-17(2)21-13-11-14-22(18(3)4)25(21)29-19(5)20(6)30-26-23(27(33)31(7)8)15-12-16-24(26)28(34)32(9)10/h11-18H,1-10H3. The fraction of sp³-hybridized carbons (Fsp3) is 0.429. The molecule has 0 atom stereocenters. The minimum Gasteiger partial charge on any atom is -0.345 e. The van der Waals surface area contributed by atoms with Crippen molar-refractivity contribution in [1.82, 2.24) is 9.80 Å². The Morgan fingerprint density at radius 1 is 0.647 bits per heavy atom. The molecule has 34 heavy (non-hydrogen) atoms. The van der Waals surface area contributed by atoms with Crippen LogP contribution in [0.3, 0.4) is 0 Å². The van der Waals surface area contributed by atoms with Gasteiger partial charge in [-0.3, -0.25) is 19.6 Å². The molecule has 0 spiro atoms. The summed E-state index contributed by atoms with van der Waals surface area (Å²) in [5, 5.41) is 0. The SMILES string of the molecule is CC(=Nc1c(C(=O)N(C)C)cccc1C(=O)N(C)C)C(C)=Nc1c(C(C)C)cccc1C(C)C. The molecule has 0 aromatic heterocycles. The number of benzene rings is 2. The van der Waals surface area contributed by atoms with E-state index >= 15 is 0 Å². The van der Waals surface area contributed by atoms with Gasteiger partial charge in [-0.15, -0.1) is 0 Å². The van der Waals surface area contributed by atoms with E-state index in [1.54, 1.807) is 46.4 Å². The smallest absolute Gasteiger partial charge is 0.255 e. The normalized spacial score (nSPS) is 12.4. The molecule has 0 aliphatic carbocycles. The number of carbonyl (C=O) groups is 2. The molecule has 0 aliphatic rings. The maximum atomic E-state index is 12.9. The van der Waals surface area contributed by atoms with E-state index in [2.05, 4.69) is 45.9 Å². The van der Waals surface area contributed by atoms with Gasteiger partial charge in [0.25, 0.3) is 11.8 Å². The van der Waals surface area contributed by atoms with Crippen LogP contribution in [0.15, 0.2) is 46.4 Å². The van der Waals surface area contributed by atoms with Crippen molar-refractivity contribution >= 4 is 34.6 Å². The van der Waals surface area contributed by atoms with Crippen LogP contribution in [0.25, 0.3) is 0 Å². The van der Waals surface area contributed by atoms with Crippen LogP contribution in [0.2, 0.25) is 0 Å². The molecule has 0 N–H and O–H groups in total. The first-order chi connectivity index (χ1) is 15.9. The highest BCUT2D eigenvalue weighted by Gasteiger charge is 2.22. The fourth-order valence-corrected chi connectivity index (χ4v) is 3.63. The van der Waals surface area contributed by atoms with Crippen LogP contribution in [-0.4, -0.2) is 61.2 Å². The lowest BCUT2D eigenvalue weighted by molar-refractivity contribution is 0.0828. The number of hydrogen-bond acceptors (Lipinski definition) is 4. The fourth-order valence-electron chi connectivity index (χ4n) is 3.63. The third-order valence-electron chi connectivity index (χ3n) is 5.73. The molecule has 0 aliphatic heterocycles. The minimum atomic E-state index is -0.207. The lowest BCUT2D eigenvalue weighted by atomic mass is 9.93. The molecule has 0 saturated carbocycles. The van der Waals surface area contributed by atoms with E-state index in [9.17, 15) is 9.59 Å². The predicted octanol–water partition coefficient (Wildman–Crippen LogP) is 6.22. The summed E-state index contributed by atoms with van der Waals surface area (Å²) in [5.74, 6) is 0.235. The third kappa shape index (κ3) is 5.99. The number of amides is 2. The van der Waals surface area contributed by atoms with Gasteiger partial charge in [0.05, 0.1) is 33.9 Å². The van der Waals surface area contributed by atoms with E-state index in [1.807, 2.05) is 13.8 Å². The average molecular weight is 463 g/mol. The van der Waals surface area contributed by atoms with Gasteiger partial charge in [-0.05, 0) is 48.9 Å². The van der Waals surface area contributed by atoms with Crippen LogP contribution in [-0.2, 0) is 0 Å². The molecule has 6 heteroatoms. The Kier molecular flexibility index (Phi) is 8.91. The molecule has 0 bridgehead atoms. The molecule has 0 unspecified atom stereocenters. The summed E-state index contributed by atoms with van der Waals surface area (Å²) in [7, 11) is 6.75. The highest BCUT2D eigenvalue weighted by molar-refractivity contribution is 6.41. The Morgan fingerprint density at radius 3 is 1.35 bits per heavy atom. The van der Waals surface area contributed by atoms with Crippen LogP contribution in [0.5, 0.6) is 0 Å². The third-order valence-corrected chi connectivity index (χ3v) is 5.73. The molecular formula is C28H38N4O2. The van der Waals surface area contributed by atoms with Crippen LogP contribution in [0.1, 0.15) is 85.2 Å². The predicted molar refractivity (Wildman–Crippen MR) is 143 cm³/mol. The Morgan fingerprint density at radius 2 is 1.00 bits per heavy atom. The zero-order valence-electron chi connectivity index (χ0n) is 22.2. The molecule has 2 amide bonds. The first-order valence-electron chi connectivity index (χ1n) is 11.7. The quantitative estimate of drug-likeness (QED) is 0.458. The topological polar surface area (TPSA) is 65.3 Å². The number of nitrogens with zero attached hydrogens (tertiary/aromatic N) is 4. The Balaban J connectivity index is 2.73. The monoisotopic (exact) mass is 462 g/mol. The van der Waals surface area contributed by atoms with E-state index in [4.69, 9.17) is 9.98 Å². The average Bonchev–Trinajstić information content (AvgIpc) is 2.77. The summed E-state index contributed by atoms with van der Waals surface area (Å²) in [6.45, 7) is 12.4. The first-order valence-corrected chi connectivity index (χ1v) is 11.7. The van der Waals surface area contributed by atoms with Crippen molar-refractivity contribution in [1.29, 1.82) is 0 Å². The van der Waals surface area contributed by atoms with Crippen LogP contribution < -0.4 is 0 Å². The van der Waals surface area contributed by atoms with Crippen molar-refractivity contribution < 1.29 is 9.59 Å². The summed E-state index contributed by atoms with van der Waals surface area (Å²) in [6, 6.07) is 11.5. The number of rotatable bonds is 7. The van der Waals surface area contributed by atoms with Crippen molar-refractivity contribution in [3.05, 3.63) is 58.7 Å². The zero-order valence-corrected chi connectivity index (χ0v) is 22.2. The van der Waals surface area contributed by atoms with Crippen LogP contribution in [0, 0.1) is 0 Å². The molecule has 2 aromatic rings. The van der Waals surface area contributed by atoms with Crippen molar-refractivity contribution in [3.8, 4) is 0 Å². The Bertz CT molecular complexity index is 1060. The van der Waals surface area contributed by atoms with Crippen molar-refractivity contribution in [2.24, 2.45) is 9.98 Å². The van der Waals surface area contributed by atoms with Gasteiger partial charge >= 0.3 is 0 Å². The molecule has 2 aromatic carbocycles. The van der Waals surface area contributed by atoms with Gasteiger partial charge in [0.15, 0.2) is 0 Å². The second-order valence-corrected chi connectivity index (χ2v) is 9.59. The van der Waals surface area contributed by atoms with Gasteiger partial charge in [-0.2, -0.15) is 0 Å². The van der Waals surface area contributed by atoms with Crippen LogP contribution >= 0.6 is 0 Å². The molecule has 6 nitrogen and oxygen atoms in total. The van der Waals surface area contributed by atoms with Crippen LogP contribution in [0.4, 0.5) is 11.4 Å². The molecule has 182 valence electrons. The van der Waals surface area contributed by atoms with E-state index in [0.29, 0.717) is 34.4 Å². The second kappa shape index (κ2) is 11.2. The van der Waals surface area contributed by atoms with Gasteiger partial charge in [-0.1, -0.05) is 52.0 Å². The summed E-state index contributed by atoms with van der Waals surface area (Å²) in [5.41, 5.74) is 5.88. The summed E-state index contributed by atoms with van der Waals surface area (Å²) in [4.78, 5) is 38.6. The second-order valence-electron chi connectivity index (χ2n) is 9.59. The molecule has 0 heterocycles. The lowest BCUT2D eigenvalue weighted by Crippen LogP contribution is -2.25. The van der Waals surface area contributed by atoms with Gasteiger partial charge in [0.1, 0.15) is 0 Å². The van der Waals surface area contributed by atoms with Crippen molar-refractivity contribution in [2.75, 3.05) is 28.2 Å². The van der Waals surface area contributed by atoms with Gasteiger partial charge in [0, 0.05) is 28.2 Å². The maximum absolute atomic E-state index is 12.9. The number of carbonyl (C=O) groups excluding carboxylic acids is 2. The highest BCUT2D eigenvalue weighted by Crippen LogP contribution is 2.35. The largest absolute Gasteiger partial charge is 0.345 e. The van der Waals surface area contributed by atoms with E-state index in [-0.39, 0.29) is 11.8 Å². The Hall–Kier alpha value is -3.28. The van der Waals surface area contributed by atoms with Crippen molar-refractivity contribution in [3.63, 3.8) is 0 Å². The molecule has 0 saturated heterocycles. The first kappa shape index (κ1) is 27.0. The zero-order chi connectivity index (χ0) is 25.7. The molecule has 0 radical (unpaired) electrons. The molecule has 0 fully saturated rings. The minimum absolute atomic E-state index is 0.207. The van der Waals surface area contributed by atoms with Crippen molar-refractivity contribution in [2.45, 2.75) is 53.4 Å². The number of aliphatic imine (C=N–C) groups is 2. The number of hydrogen-bond donors (Lipinski definition) is 0. The summed E-state index contributed by atoms with van der Waals surface area (Å²) < 4.78 is 0. The summed E-state index contributed by atoms with van der Waals surface area (Å²) in [6.07, 6.45) is 0.